The second-order valence-corrected chi connectivity index (χ2v) is 5.99. The van der Waals surface area contributed by atoms with Gasteiger partial charge in [0.2, 0.25) is 0 Å². The summed E-state index contributed by atoms with van der Waals surface area (Å²) < 4.78 is 42.3. The smallest absolute Gasteiger partial charge is 0.137 e. The molecule has 0 aliphatic heterocycles. The standard InChI is InChI=1S/C17H12BrF3N2/c18-14-7-11(1-4-15(14)20)10-23-6-5-22-17(23)8-12-2-3-13(19)9-16(12)21/h1-7,9H,8,10H2. The Hall–Kier alpha value is -2.08. The first-order chi connectivity index (χ1) is 11.0. The summed E-state index contributed by atoms with van der Waals surface area (Å²) in [6.07, 6.45) is 3.64. The normalized spacial score (nSPS) is 11.0. The lowest BCUT2D eigenvalue weighted by atomic mass is 10.1. The van der Waals surface area contributed by atoms with Gasteiger partial charge in [0.1, 0.15) is 23.3 Å². The molecule has 3 aromatic rings. The van der Waals surface area contributed by atoms with E-state index in [9.17, 15) is 13.2 Å². The highest BCUT2D eigenvalue weighted by molar-refractivity contribution is 9.10. The molecule has 23 heavy (non-hydrogen) atoms. The maximum atomic E-state index is 13.8. The summed E-state index contributed by atoms with van der Waals surface area (Å²) in [7, 11) is 0. The van der Waals surface area contributed by atoms with Gasteiger partial charge >= 0.3 is 0 Å². The van der Waals surface area contributed by atoms with Crippen LogP contribution < -0.4 is 0 Å². The number of benzene rings is 2. The number of nitrogens with zero attached hydrogens (tertiary/aromatic N) is 2. The van der Waals surface area contributed by atoms with E-state index in [2.05, 4.69) is 20.9 Å². The van der Waals surface area contributed by atoms with Gasteiger partial charge in [0.25, 0.3) is 0 Å². The minimum absolute atomic E-state index is 0.251. The third kappa shape index (κ3) is 3.64. The minimum atomic E-state index is -0.606. The van der Waals surface area contributed by atoms with Crippen LogP contribution in [0.15, 0.2) is 53.3 Å². The van der Waals surface area contributed by atoms with E-state index >= 15 is 0 Å². The van der Waals surface area contributed by atoms with Crippen LogP contribution >= 0.6 is 15.9 Å². The quantitative estimate of drug-likeness (QED) is 0.641. The molecule has 0 fully saturated rings. The lowest BCUT2D eigenvalue weighted by molar-refractivity contribution is 0.572. The number of hydrogen-bond acceptors (Lipinski definition) is 1. The molecule has 0 aliphatic carbocycles. The Bertz CT molecular complexity index is 846. The van der Waals surface area contributed by atoms with Crippen molar-refractivity contribution in [2.45, 2.75) is 13.0 Å². The molecule has 0 bridgehead atoms. The van der Waals surface area contributed by atoms with Crippen LogP contribution in [0.1, 0.15) is 17.0 Å². The highest BCUT2D eigenvalue weighted by Crippen LogP contribution is 2.19. The molecule has 1 aromatic heterocycles. The van der Waals surface area contributed by atoms with Gasteiger partial charge in [-0.25, -0.2) is 18.2 Å². The monoisotopic (exact) mass is 380 g/mol. The molecule has 0 aliphatic rings. The molecule has 2 nitrogen and oxygen atoms in total. The van der Waals surface area contributed by atoms with Crippen LogP contribution in [0.2, 0.25) is 0 Å². The molecule has 0 radical (unpaired) electrons. The number of rotatable bonds is 4. The molecule has 0 N–H and O–H groups in total. The van der Waals surface area contributed by atoms with Crippen molar-refractivity contribution in [2.75, 3.05) is 0 Å². The fourth-order valence-corrected chi connectivity index (χ4v) is 2.75. The van der Waals surface area contributed by atoms with Gasteiger partial charge in [-0.1, -0.05) is 12.1 Å². The SMILES string of the molecule is Fc1ccc(Cc2nccn2Cc2ccc(F)c(Br)c2)c(F)c1. The van der Waals surface area contributed by atoms with Gasteiger partial charge in [-0.2, -0.15) is 0 Å². The van der Waals surface area contributed by atoms with Crippen molar-refractivity contribution >= 4 is 15.9 Å². The van der Waals surface area contributed by atoms with E-state index < -0.39 is 11.6 Å². The third-order valence-corrected chi connectivity index (χ3v) is 4.11. The number of imidazole rings is 1. The molecular weight excluding hydrogens is 369 g/mol. The molecule has 0 amide bonds. The van der Waals surface area contributed by atoms with Crippen LogP contribution in [0.4, 0.5) is 13.2 Å². The first kappa shape index (κ1) is 15.8. The van der Waals surface area contributed by atoms with E-state index in [4.69, 9.17) is 0 Å². The van der Waals surface area contributed by atoms with Crippen molar-refractivity contribution in [3.8, 4) is 0 Å². The summed E-state index contributed by atoms with van der Waals surface area (Å²) in [4.78, 5) is 4.23. The van der Waals surface area contributed by atoms with Gasteiger partial charge in [-0.15, -0.1) is 0 Å². The molecule has 0 atom stereocenters. The molecule has 1 heterocycles. The van der Waals surface area contributed by atoms with E-state index in [0.29, 0.717) is 22.4 Å². The van der Waals surface area contributed by atoms with Crippen LogP contribution in [-0.2, 0) is 13.0 Å². The van der Waals surface area contributed by atoms with Gasteiger partial charge in [-0.05, 0) is 45.3 Å². The second-order valence-electron chi connectivity index (χ2n) is 5.13. The largest absolute Gasteiger partial charge is 0.330 e. The van der Waals surface area contributed by atoms with Gasteiger partial charge in [0.15, 0.2) is 0 Å². The molecule has 0 saturated carbocycles. The Morgan fingerprint density at radius 1 is 1.00 bits per heavy atom. The lowest BCUT2D eigenvalue weighted by Gasteiger charge is -2.09. The van der Waals surface area contributed by atoms with E-state index in [0.717, 1.165) is 11.6 Å². The second kappa shape index (κ2) is 6.58. The van der Waals surface area contributed by atoms with Gasteiger partial charge < -0.3 is 4.57 Å². The van der Waals surface area contributed by atoms with Crippen LogP contribution in [0.25, 0.3) is 0 Å². The maximum Gasteiger partial charge on any atom is 0.137 e. The van der Waals surface area contributed by atoms with E-state index in [1.165, 1.54) is 18.2 Å². The van der Waals surface area contributed by atoms with Gasteiger partial charge in [0.05, 0.1) is 4.47 Å². The fourth-order valence-electron chi connectivity index (χ4n) is 2.32. The van der Waals surface area contributed by atoms with E-state index in [1.54, 1.807) is 24.5 Å². The van der Waals surface area contributed by atoms with Crippen molar-refractivity contribution in [1.82, 2.24) is 9.55 Å². The summed E-state index contributed by atoms with van der Waals surface area (Å²) in [5, 5.41) is 0. The van der Waals surface area contributed by atoms with Crippen molar-refractivity contribution < 1.29 is 13.2 Å². The summed E-state index contributed by atoms with van der Waals surface area (Å²) in [6, 6.07) is 8.26. The van der Waals surface area contributed by atoms with Crippen LogP contribution in [0, 0.1) is 17.5 Å². The number of halogens is 4. The molecule has 2 aromatic carbocycles. The van der Waals surface area contributed by atoms with Gasteiger partial charge in [-0.3, -0.25) is 0 Å². The zero-order chi connectivity index (χ0) is 16.4. The minimum Gasteiger partial charge on any atom is -0.330 e. The van der Waals surface area contributed by atoms with Gasteiger partial charge in [0, 0.05) is 31.4 Å². The molecule has 6 heteroatoms. The molecule has 0 saturated heterocycles. The van der Waals surface area contributed by atoms with Crippen molar-refractivity contribution in [3.05, 3.63) is 87.7 Å². The zero-order valence-corrected chi connectivity index (χ0v) is 13.5. The van der Waals surface area contributed by atoms with Crippen LogP contribution in [-0.4, -0.2) is 9.55 Å². The summed E-state index contributed by atoms with van der Waals surface area (Å²) in [6.45, 7) is 0.483. The van der Waals surface area contributed by atoms with Crippen LogP contribution in [0.5, 0.6) is 0 Å². The Morgan fingerprint density at radius 2 is 1.83 bits per heavy atom. The topological polar surface area (TPSA) is 17.8 Å². The maximum absolute atomic E-state index is 13.8. The van der Waals surface area contributed by atoms with Crippen molar-refractivity contribution in [2.24, 2.45) is 0 Å². The molecule has 0 spiro atoms. The highest BCUT2D eigenvalue weighted by Gasteiger charge is 2.10. The average Bonchev–Trinajstić information content (AvgIpc) is 2.93. The predicted molar refractivity (Wildman–Crippen MR) is 84.6 cm³/mol. The average molecular weight is 381 g/mol. The lowest BCUT2D eigenvalue weighted by Crippen LogP contribution is -2.06. The molecular formula is C17H12BrF3N2. The van der Waals surface area contributed by atoms with E-state index in [1.807, 2.05) is 4.57 Å². The molecule has 3 rings (SSSR count). The predicted octanol–water partition coefficient (Wildman–Crippen LogP) is 4.70. The first-order valence-electron chi connectivity index (χ1n) is 6.91. The summed E-state index contributed by atoms with van der Waals surface area (Å²) in [5.74, 6) is -0.876. The number of aromatic nitrogens is 2. The Kier molecular flexibility index (Phi) is 4.52. The molecule has 118 valence electrons. The summed E-state index contributed by atoms with van der Waals surface area (Å²) in [5.41, 5.74) is 1.26. The van der Waals surface area contributed by atoms with Crippen LogP contribution in [0.3, 0.4) is 0 Å². The Labute approximate surface area is 139 Å². The summed E-state index contributed by atoms with van der Waals surface area (Å²) >= 11 is 3.15. The highest BCUT2D eigenvalue weighted by atomic mass is 79.9. The first-order valence-corrected chi connectivity index (χ1v) is 7.70. The Morgan fingerprint density at radius 3 is 2.57 bits per heavy atom. The fraction of sp³-hybridized carbons (Fsp3) is 0.118. The third-order valence-electron chi connectivity index (χ3n) is 3.50. The Balaban J connectivity index is 1.83. The van der Waals surface area contributed by atoms with Crippen molar-refractivity contribution in [3.63, 3.8) is 0 Å². The van der Waals surface area contributed by atoms with E-state index in [-0.39, 0.29) is 12.2 Å². The van der Waals surface area contributed by atoms with Crippen molar-refractivity contribution in [1.29, 1.82) is 0 Å². The number of hydrogen-bond donors (Lipinski definition) is 0. The molecule has 0 unspecified atom stereocenters. The zero-order valence-electron chi connectivity index (χ0n) is 11.9.